The normalized spacial score (nSPS) is 13.7. The Morgan fingerprint density at radius 1 is 1.11 bits per heavy atom. The van der Waals surface area contributed by atoms with Gasteiger partial charge in [0.2, 0.25) is 0 Å². The molecule has 3 aromatic rings. The zero-order valence-electron chi connectivity index (χ0n) is 19.3. The summed E-state index contributed by atoms with van der Waals surface area (Å²) in [5.74, 6) is -3.68. The van der Waals surface area contributed by atoms with Crippen LogP contribution in [0.25, 0.3) is 0 Å². The third-order valence-electron chi connectivity index (χ3n) is 6.07. The number of carboxylic acid groups (broad SMARTS) is 1. The first kappa shape index (κ1) is 27.1. The van der Waals surface area contributed by atoms with Gasteiger partial charge in [0.05, 0.1) is 26.4 Å². The Hall–Kier alpha value is -2.91. The monoisotopic (exact) mass is 578 g/mol. The topological polar surface area (TPSA) is 104 Å². The summed E-state index contributed by atoms with van der Waals surface area (Å²) in [6.45, 7) is 0.523. The number of Topliss-reactive ketones (excluding diaryl/α,β-unsaturated/α-hetero) is 1. The lowest BCUT2D eigenvalue weighted by molar-refractivity contribution is -0.141. The number of amides is 2. The number of carbonyl (C=O) groups excluding carboxylic acids is 3. The van der Waals surface area contributed by atoms with E-state index in [9.17, 15) is 24.3 Å². The first-order valence-corrected chi connectivity index (χ1v) is 13.3. The number of nitrogens with one attached hydrogen (secondary N) is 1. The van der Waals surface area contributed by atoms with Gasteiger partial charge in [0.25, 0.3) is 11.8 Å². The van der Waals surface area contributed by atoms with Gasteiger partial charge >= 0.3 is 5.97 Å². The minimum atomic E-state index is -1.24. The van der Waals surface area contributed by atoms with Crippen LogP contribution in [0.1, 0.15) is 47.9 Å². The number of thiophene rings is 1. The molecule has 0 spiro atoms. The SMILES string of the molecule is O=C(NC[C@H](CC(=O)c1c(Cl)cc2c(c1Cl)CCN(Cc1ccc(Cl)cc1)C2=O)C(=O)O)c1cccs1. The molecule has 0 fully saturated rings. The van der Waals surface area contributed by atoms with Crippen LogP contribution in [0.4, 0.5) is 0 Å². The van der Waals surface area contributed by atoms with Crippen molar-refractivity contribution in [2.24, 2.45) is 5.92 Å². The van der Waals surface area contributed by atoms with Gasteiger partial charge in [-0.3, -0.25) is 19.2 Å². The molecule has 11 heteroatoms. The summed E-state index contributed by atoms with van der Waals surface area (Å²) in [6, 6.07) is 11.9. The van der Waals surface area contributed by atoms with Crippen LogP contribution in [0, 0.1) is 5.92 Å². The number of hydrogen-bond acceptors (Lipinski definition) is 5. The molecule has 2 amide bonds. The lowest BCUT2D eigenvalue weighted by atomic mass is 9.91. The van der Waals surface area contributed by atoms with Gasteiger partial charge in [-0.05, 0) is 47.2 Å². The number of halogens is 3. The smallest absolute Gasteiger partial charge is 0.308 e. The van der Waals surface area contributed by atoms with Gasteiger partial charge in [0.1, 0.15) is 0 Å². The average molecular weight is 580 g/mol. The van der Waals surface area contributed by atoms with Crippen molar-refractivity contribution in [3.8, 4) is 0 Å². The molecule has 1 aliphatic rings. The fourth-order valence-electron chi connectivity index (χ4n) is 4.11. The third kappa shape index (κ3) is 6.15. The molecule has 1 aliphatic heterocycles. The van der Waals surface area contributed by atoms with Crippen molar-refractivity contribution in [3.05, 3.63) is 90.0 Å². The summed E-state index contributed by atoms with van der Waals surface area (Å²) in [5, 5.41) is 14.5. The highest BCUT2D eigenvalue weighted by molar-refractivity contribution is 7.12. The second-order valence-electron chi connectivity index (χ2n) is 8.53. The molecule has 0 saturated heterocycles. The largest absolute Gasteiger partial charge is 0.481 e. The fourth-order valence-corrected chi connectivity index (χ4v) is 5.64. The van der Waals surface area contributed by atoms with Crippen LogP contribution in [0.5, 0.6) is 0 Å². The standard InChI is InChI=1S/C26H21Cl3N2O5S/c27-16-5-3-14(4-6-16)13-31-8-7-17-18(25(31)34)11-19(28)22(23(17)29)20(32)10-15(26(35)36)12-30-24(33)21-2-1-9-37-21/h1-6,9,11,15H,7-8,10,12-13H2,(H,30,33)(H,35,36)/t15-/m0/s1. The number of aliphatic carboxylic acids is 1. The molecular weight excluding hydrogens is 559 g/mol. The quantitative estimate of drug-likeness (QED) is 0.321. The van der Waals surface area contributed by atoms with E-state index in [1.54, 1.807) is 34.5 Å². The van der Waals surface area contributed by atoms with Gasteiger partial charge in [-0.1, -0.05) is 53.0 Å². The van der Waals surface area contributed by atoms with Gasteiger partial charge in [0.15, 0.2) is 5.78 Å². The van der Waals surface area contributed by atoms with E-state index in [4.69, 9.17) is 34.8 Å². The minimum absolute atomic E-state index is 0.0168. The van der Waals surface area contributed by atoms with Crippen LogP contribution in [0.3, 0.4) is 0 Å². The Kier molecular flexibility index (Phi) is 8.54. The summed E-state index contributed by atoms with van der Waals surface area (Å²) in [5.41, 5.74) is 1.71. The predicted molar refractivity (Wildman–Crippen MR) is 143 cm³/mol. The number of carboxylic acids is 1. The molecule has 2 heterocycles. The number of ketones is 1. The summed E-state index contributed by atoms with van der Waals surface area (Å²) in [7, 11) is 0. The van der Waals surface area contributed by atoms with E-state index in [2.05, 4.69) is 5.32 Å². The molecule has 0 aliphatic carbocycles. The average Bonchev–Trinajstić information content (AvgIpc) is 3.40. The van der Waals surface area contributed by atoms with E-state index in [-0.39, 0.29) is 28.1 Å². The molecule has 0 saturated carbocycles. The Labute approximate surface area is 231 Å². The van der Waals surface area contributed by atoms with Crippen LogP contribution in [-0.4, -0.2) is 46.7 Å². The van der Waals surface area contributed by atoms with E-state index in [0.29, 0.717) is 40.5 Å². The molecule has 0 radical (unpaired) electrons. The van der Waals surface area contributed by atoms with Gasteiger partial charge in [-0.2, -0.15) is 0 Å². The van der Waals surface area contributed by atoms with Crippen LogP contribution in [-0.2, 0) is 17.8 Å². The molecule has 2 aromatic carbocycles. The van der Waals surface area contributed by atoms with E-state index in [0.717, 1.165) is 5.56 Å². The summed E-state index contributed by atoms with van der Waals surface area (Å²) < 4.78 is 0. The molecule has 0 unspecified atom stereocenters. The van der Waals surface area contributed by atoms with Gasteiger partial charge in [-0.25, -0.2) is 0 Å². The van der Waals surface area contributed by atoms with Crippen LogP contribution in [0.2, 0.25) is 15.1 Å². The van der Waals surface area contributed by atoms with E-state index >= 15 is 0 Å². The molecule has 4 rings (SSSR count). The summed E-state index contributed by atoms with van der Waals surface area (Å²) >= 11 is 20.1. The number of carbonyl (C=O) groups is 4. The Morgan fingerprint density at radius 2 is 1.84 bits per heavy atom. The highest BCUT2D eigenvalue weighted by Crippen LogP contribution is 2.36. The van der Waals surface area contributed by atoms with Crippen LogP contribution in [0.15, 0.2) is 47.8 Å². The summed E-state index contributed by atoms with van der Waals surface area (Å²) in [4.78, 5) is 52.4. The third-order valence-corrected chi connectivity index (χ3v) is 7.91. The van der Waals surface area contributed by atoms with Crippen LogP contribution >= 0.6 is 46.1 Å². The number of hydrogen-bond donors (Lipinski definition) is 2. The van der Waals surface area contributed by atoms with Gasteiger partial charge in [0, 0.05) is 36.6 Å². The molecular formula is C26H21Cl3N2O5S. The van der Waals surface area contributed by atoms with Crippen molar-refractivity contribution in [2.45, 2.75) is 19.4 Å². The van der Waals surface area contributed by atoms with Crippen molar-refractivity contribution >= 4 is 69.7 Å². The molecule has 1 atom stereocenters. The molecule has 1 aromatic heterocycles. The number of benzene rings is 2. The van der Waals surface area contributed by atoms with E-state index < -0.39 is 30.0 Å². The Morgan fingerprint density at radius 3 is 2.49 bits per heavy atom. The van der Waals surface area contributed by atoms with Crippen molar-refractivity contribution < 1.29 is 24.3 Å². The number of nitrogens with zero attached hydrogens (tertiary/aromatic N) is 1. The second-order valence-corrected chi connectivity index (χ2v) is 10.7. The molecule has 37 heavy (non-hydrogen) atoms. The second kappa shape index (κ2) is 11.6. The zero-order valence-corrected chi connectivity index (χ0v) is 22.4. The maximum atomic E-state index is 13.2. The van der Waals surface area contributed by atoms with Gasteiger partial charge < -0.3 is 15.3 Å². The van der Waals surface area contributed by atoms with E-state index in [1.165, 1.54) is 17.4 Å². The van der Waals surface area contributed by atoms with Crippen molar-refractivity contribution in [1.29, 1.82) is 0 Å². The lowest BCUT2D eigenvalue weighted by Crippen LogP contribution is -2.37. The fraction of sp³-hybridized carbons (Fsp3) is 0.231. The molecule has 0 bridgehead atoms. The predicted octanol–water partition coefficient (Wildman–Crippen LogP) is 5.61. The zero-order chi connectivity index (χ0) is 26.7. The number of fused-ring (bicyclic) bond motifs is 1. The maximum absolute atomic E-state index is 13.2. The number of rotatable bonds is 9. The van der Waals surface area contributed by atoms with Crippen molar-refractivity contribution in [3.63, 3.8) is 0 Å². The van der Waals surface area contributed by atoms with E-state index in [1.807, 2.05) is 12.1 Å². The molecule has 7 nitrogen and oxygen atoms in total. The maximum Gasteiger partial charge on any atom is 0.308 e. The highest BCUT2D eigenvalue weighted by atomic mass is 35.5. The Balaban J connectivity index is 1.50. The highest BCUT2D eigenvalue weighted by Gasteiger charge is 2.32. The van der Waals surface area contributed by atoms with Gasteiger partial charge in [-0.15, -0.1) is 11.3 Å². The Bertz CT molecular complexity index is 1360. The first-order chi connectivity index (χ1) is 17.7. The van der Waals surface area contributed by atoms with Crippen molar-refractivity contribution in [2.75, 3.05) is 13.1 Å². The lowest BCUT2D eigenvalue weighted by Gasteiger charge is -2.30. The minimum Gasteiger partial charge on any atom is -0.481 e. The summed E-state index contributed by atoms with van der Waals surface area (Å²) in [6.07, 6.45) is -0.0148. The van der Waals surface area contributed by atoms with Crippen LogP contribution < -0.4 is 5.32 Å². The molecule has 2 N–H and O–H groups in total. The van der Waals surface area contributed by atoms with Crippen molar-refractivity contribution in [1.82, 2.24) is 10.2 Å². The molecule has 192 valence electrons. The first-order valence-electron chi connectivity index (χ1n) is 11.3.